The highest BCUT2D eigenvalue weighted by Gasteiger charge is 2.17. The van der Waals surface area contributed by atoms with E-state index in [2.05, 4.69) is 16.0 Å². The Morgan fingerprint density at radius 1 is 1.17 bits per heavy atom. The summed E-state index contributed by atoms with van der Waals surface area (Å²) in [7, 11) is 0. The fourth-order valence-corrected chi connectivity index (χ4v) is 2.58. The molecule has 1 aliphatic rings. The van der Waals surface area contributed by atoms with E-state index in [1.165, 1.54) is 6.26 Å². The summed E-state index contributed by atoms with van der Waals surface area (Å²) in [6.45, 7) is 1.79. The van der Waals surface area contributed by atoms with Crippen molar-refractivity contribution in [1.29, 1.82) is 0 Å². The van der Waals surface area contributed by atoms with Crippen molar-refractivity contribution in [3.63, 3.8) is 0 Å². The van der Waals surface area contributed by atoms with Crippen molar-refractivity contribution >= 4 is 17.5 Å². The van der Waals surface area contributed by atoms with Gasteiger partial charge in [-0.25, -0.2) is 0 Å². The van der Waals surface area contributed by atoms with Crippen LogP contribution in [0.4, 0.5) is 5.69 Å². The average Bonchev–Trinajstić information content (AvgIpc) is 3.11. The number of rotatable bonds is 4. The van der Waals surface area contributed by atoms with Crippen molar-refractivity contribution in [2.75, 3.05) is 18.4 Å². The van der Waals surface area contributed by atoms with E-state index < -0.39 is 0 Å². The van der Waals surface area contributed by atoms with Gasteiger partial charge in [0.05, 0.1) is 6.26 Å². The van der Waals surface area contributed by atoms with Gasteiger partial charge in [0.1, 0.15) is 0 Å². The van der Waals surface area contributed by atoms with Crippen molar-refractivity contribution in [2.45, 2.75) is 18.9 Å². The number of carbonyl (C=O) groups excluding carboxylic acids is 2. The maximum Gasteiger partial charge on any atom is 0.291 e. The summed E-state index contributed by atoms with van der Waals surface area (Å²) in [6, 6.07) is 10.3. The minimum atomic E-state index is -0.343. The second-order valence-corrected chi connectivity index (χ2v) is 5.53. The molecule has 1 aromatic carbocycles. The molecule has 2 heterocycles. The Morgan fingerprint density at radius 2 is 2.09 bits per heavy atom. The van der Waals surface area contributed by atoms with Gasteiger partial charge in [0, 0.05) is 23.8 Å². The molecule has 0 spiro atoms. The monoisotopic (exact) mass is 313 g/mol. The molecule has 0 aliphatic carbocycles. The lowest BCUT2D eigenvalue weighted by Crippen LogP contribution is -2.45. The van der Waals surface area contributed by atoms with Crippen LogP contribution in [0.1, 0.15) is 33.8 Å². The molecule has 2 aromatic rings. The van der Waals surface area contributed by atoms with Gasteiger partial charge in [0.2, 0.25) is 0 Å². The summed E-state index contributed by atoms with van der Waals surface area (Å²) < 4.78 is 5.05. The highest BCUT2D eigenvalue weighted by molar-refractivity contribution is 6.03. The molecule has 120 valence electrons. The molecule has 1 aliphatic heterocycles. The molecule has 6 nitrogen and oxygen atoms in total. The van der Waals surface area contributed by atoms with E-state index in [0.29, 0.717) is 11.3 Å². The van der Waals surface area contributed by atoms with Gasteiger partial charge in [-0.15, -0.1) is 0 Å². The third-order valence-electron chi connectivity index (χ3n) is 3.76. The van der Waals surface area contributed by atoms with E-state index in [4.69, 9.17) is 4.42 Å². The minimum absolute atomic E-state index is 0.132. The average molecular weight is 313 g/mol. The van der Waals surface area contributed by atoms with E-state index in [1.807, 2.05) is 0 Å². The van der Waals surface area contributed by atoms with Gasteiger partial charge < -0.3 is 20.4 Å². The SMILES string of the molecule is O=C(NC1CCCNC1)c1cccc(NC(=O)c2ccco2)c1. The fraction of sp³-hybridized carbons (Fsp3) is 0.294. The quantitative estimate of drug-likeness (QED) is 0.806. The van der Waals surface area contributed by atoms with Gasteiger partial charge in [-0.1, -0.05) is 6.07 Å². The van der Waals surface area contributed by atoms with Crippen LogP contribution in [0.3, 0.4) is 0 Å². The van der Waals surface area contributed by atoms with Gasteiger partial charge in [-0.05, 0) is 49.7 Å². The largest absolute Gasteiger partial charge is 0.459 e. The number of benzene rings is 1. The minimum Gasteiger partial charge on any atom is -0.459 e. The summed E-state index contributed by atoms with van der Waals surface area (Å²) >= 11 is 0. The van der Waals surface area contributed by atoms with Crippen molar-refractivity contribution < 1.29 is 14.0 Å². The number of furan rings is 1. The molecule has 2 amide bonds. The first-order valence-corrected chi connectivity index (χ1v) is 7.69. The second-order valence-electron chi connectivity index (χ2n) is 5.53. The number of hydrogen-bond donors (Lipinski definition) is 3. The topological polar surface area (TPSA) is 83.4 Å². The summed E-state index contributed by atoms with van der Waals surface area (Å²) in [6.07, 6.45) is 3.48. The lowest BCUT2D eigenvalue weighted by Gasteiger charge is -2.23. The molecule has 0 saturated carbocycles. The first kappa shape index (κ1) is 15.3. The highest BCUT2D eigenvalue weighted by Crippen LogP contribution is 2.13. The first-order valence-electron chi connectivity index (χ1n) is 7.69. The van der Waals surface area contributed by atoms with Crippen LogP contribution in [0.5, 0.6) is 0 Å². The summed E-state index contributed by atoms with van der Waals surface area (Å²) in [5, 5.41) is 8.99. The lowest BCUT2D eigenvalue weighted by molar-refractivity contribution is 0.0929. The number of amides is 2. The molecule has 1 saturated heterocycles. The van der Waals surface area contributed by atoms with Gasteiger partial charge >= 0.3 is 0 Å². The zero-order valence-corrected chi connectivity index (χ0v) is 12.7. The predicted molar refractivity (Wildman–Crippen MR) is 86.5 cm³/mol. The molecule has 1 fully saturated rings. The van der Waals surface area contributed by atoms with E-state index in [9.17, 15) is 9.59 Å². The Kier molecular flexibility index (Phi) is 4.73. The number of piperidine rings is 1. The van der Waals surface area contributed by atoms with Crippen LogP contribution in [0.15, 0.2) is 47.1 Å². The van der Waals surface area contributed by atoms with Crippen LogP contribution in [0.2, 0.25) is 0 Å². The van der Waals surface area contributed by atoms with Crippen molar-refractivity contribution in [3.8, 4) is 0 Å². The maximum absolute atomic E-state index is 12.3. The molecule has 1 unspecified atom stereocenters. The van der Waals surface area contributed by atoms with Gasteiger partial charge in [-0.2, -0.15) is 0 Å². The van der Waals surface area contributed by atoms with Gasteiger partial charge in [0.15, 0.2) is 5.76 Å². The molecule has 0 bridgehead atoms. The van der Waals surface area contributed by atoms with Crippen LogP contribution in [0, 0.1) is 0 Å². The normalized spacial score (nSPS) is 17.5. The number of anilines is 1. The van der Waals surface area contributed by atoms with Crippen LogP contribution < -0.4 is 16.0 Å². The summed E-state index contributed by atoms with van der Waals surface area (Å²) in [5.41, 5.74) is 1.08. The molecule has 1 aromatic heterocycles. The molecule has 1 atom stereocenters. The zero-order chi connectivity index (χ0) is 16.1. The van der Waals surface area contributed by atoms with Crippen molar-refractivity contribution in [2.24, 2.45) is 0 Å². The van der Waals surface area contributed by atoms with E-state index in [-0.39, 0.29) is 23.6 Å². The third kappa shape index (κ3) is 3.98. The van der Waals surface area contributed by atoms with Crippen molar-refractivity contribution in [3.05, 3.63) is 54.0 Å². The molecular formula is C17H19N3O3. The van der Waals surface area contributed by atoms with Crippen LogP contribution in [-0.2, 0) is 0 Å². The first-order chi connectivity index (χ1) is 11.2. The highest BCUT2D eigenvalue weighted by atomic mass is 16.3. The summed E-state index contributed by atoms with van der Waals surface area (Å²) in [5.74, 6) is -0.245. The predicted octanol–water partition coefficient (Wildman–Crippen LogP) is 2.01. The van der Waals surface area contributed by atoms with Gasteiger partial charge in [-0.3, -0.25) is 9.59 Å². The molecular weight excluding hydrogens is 294 g/mol. The standard InChI is InChI=1S/C17H19N3O3/c21-16(20-14-6-2-8-18-11-14)12-4-1-5-13(10-12)19-17(22)15-7-3-9-23-15/h1,3-5,7,9-10,14,18H,2,6,8,11H2,(H,19,22)(H,20,21). The van der Waals surface area contributed by atoms with Crippen LogP contribution >= 0.6 is 0 Å². The smallest absolute Gasteiger partial charge is 0.291 e. The summed E-state index contributed by atoms with van der Waals surface area (Å²) in [4.78, 5) is 24.3. The number of nitrogens with one attached hydrogen (secondary N) is 3. The number of carbonyl (C=O) groups is 2. The van der Waals surface area contributed by atoms with Crippen LogP contribution in [-0.4, -0.2) is 30.9 Å². The Morgan fingerprint density at radius 3 is 2.83 bits per heavy atom. The molecule has 3 N–H and O–H groups in total. The van der Waals surface area contributed by atoms with E-state index in [0.717, 1.165) is 25.9 Å². The Bertz CT molecular complexity index is 676. The maximum atomic E-state index is 12.3. The second kappa shape index (κ2) is 7.11. The lowest BCUT2D eigenvalue weighted by atomic mass is 10.1. The Balaban J connectivity index is 1.64. The molecule has 6 heteroatoms. The third-order valence-corrected chi connectivity index (χ3v) is 3.76. The molecule has 0 radical (unpaired) electrons. The fourth-order valence-electron chi connectivity index (χ4n) is 2.58. The Labute approximate surface area is 134 Å². The van der Waals surface area contributed by atoms with Crippen LogP contribution in [0.25, 0.3) is 0 Å². The van der Waals surface area contributed by atoms with E-state index >= 15 is 0 Å². The van der Waals surface area contributed by atoms with Gasteiger partial charge in [0.25, 0.3) is 11.8 Å². The molecule has 23 heavy (non-hydrogen) atoms. The Hall–Kier alpha value is -2.60. The molecule has 3 rings (SSSR count). The number of hydrogen-bond acceptors (Lipinski definition) is 4. The van der Waals surface area contributed by atoms with E-state index in [1.54, 1.807) is 36.4 Å². The van der Waals surface area contributed by atoms with Crippen molar-refractivity contribution in [1.82, 2.24) is 10.6 Å². The zero-order valence-electron chi connectivity index (χ0n) is 12.7.